The van der Waals surface area contributed by atoms with E-state index < -0.39 is 0 Å². The van der Waals surface area contributed by atoms with Crippen molar-refractivity contribution in [1.29, 1.82) is 0 Å². The minimum atomic E-state index is -0.343. The molecule has 78 valence electrons. The van der Waals surface area contributed by atoms with Gasteiger partial charge in [-0.1, -0.05) is 18.2 Å². The van der Waals surface area contributed by atoms with Gasteiger partial charge in [-0.15, -0.1) is 0 Å². The molecule has 3 rings (SSSR count). The van der Waals surface area contributed by atoms with Crippen LogP contribution in [0.3, 0.4) is 0 Å². The third-order valence-electron chi connectivity index (χ3n) is 3.07. The monoisotopic (exact) mass is 211 g/mol. The second kappa shape index (κ2) is 3.22. The van der Waals surface area contributed by atoms with Gasteiger partial charge >= 0.3 is 0 Å². The highest BCUT2D eigenvalue weighted by atomic mass is 16.1. The SMILES string of the molecule is O=C=NC1(c2cccc3cnncc23)CC1. The molecule has 1 heterocycles. The Balaban J connectivity index is 2.28. The van der Waals surface area contributed by atoms with E-state index in [9.17, 15) is 4.79 Å². The predicted octanol–water partition coefficient (Wildman–Crippen LogP) is 1.95. The van der Waals surface area contributed by atoms with E-state index in [-0.39, 0.29) is 5.54 Å². The van der Waals surface area contributed by atoms with Gasteiger partial charge in [0.2, 0.25) is 6.08 Å². The Morgan fingerprint density at radius 1 is 1.25 bits per heavy atom. The standard InChI is InChI=1S/C12H9N3O/c16-8-13-12(4-5-12)11-3-1-2-9-6-14-15-7-10(9)11/h1-3,6-7H,4-5H2. The van der Waals surface area contributed by atoms with E-state index in [1.165, 1.54) is 0 Å². The zero-order chi connectivity index (χ0) is 11.0. The fraction of sp³-hybridized carbons (Fsp3) is 0.250. The van der Waals surface area contributed by atoms with E-state index in [0.717, 1.165) is 29.2 Å². The molecule has 1 aliphatic carbocycles. The minimum Gasteiger partial charge on any atom is -0.211 e. The summed E-state index contributed by atoms with van der Waals surface area (Å²) in [5, 5.41) is 9.78. The van der Waals surface area contributed by atoms with Crippen molar-refractivity contribution in [3.63, 3.8) is 0 Å². The van der Waals surface area contributed by atoms with Crippen LogP contribution in [-0.2, 0) is 10.3 Å². The van der Waals surface area contributed by atoms with Crippen LogP contribution in [0.1, 0.15) is 18.4 Å². The highest BCUT2D eigenvalue weighted by Gasteiger charge is 2.45. The number of hydrogen-bond acceptors (Lipinski definition) is 4. The van der Waals surface area contributed by atoms with Crippen molar-refractivity contribution in [2.75, 3.05) is 0 Å². The number of hydrogen-bond donors (Lipinski definition) is 0. The highest BCUT2D eigenvalue weighted by Crippen LogP contribution is 2.50. The molecule has 0 spiro atoms. The van der Waals surface area contributed by atoms with Crippen molar-refractivity contribution >= 4 is 16.9 Å². The van der Waals surface area contributed by atoms with E-state index in [1.807, 2.05) is 18.2 Å². The summed E-state index contributed by atoms with van der Waals surface area (Å²) in [6.45, 7) is 0. The molecule has 4 heteroatoms. The van der Waals surface area contributed by atoms with E-state index in [4.69, 9.17) is 0 Å². The van der Waals surface area contributed by atoms with Gasteiger partial charge in [0.05, 0.1) is 17.9 Å². The van der Waals surface area contributed by atoms with Crippen LogP contribution in [0.25, 0.3) is 10.8 Å². The highest BCUT2D eigenvalue weighted by molar-refractivity contribution is 5.85. The van der Waals surface area contributed by atoms with Gasteiger partial charge in [0.1, 0.15) is 0 Å². The molecular weight excluding hydrogens is 202 g/mol. The van der Waals surface area contributed by atoms with Gasteiger partial charge in [-0.05, 0) is 18.4 Å². The first-order chi connectivity index (χ1) is 7.86. The van der Waals surface area contributed by atoms with Crippen molar-refractivity contribution in [3.05, 3.63) is 36.2 Å². The summed E-state index contributed by atoms with van der Waals surface area (Å²) < 4.78 is 0. The van der Waals surface area contributed by atoms with E-state index in [1.54, 1.807) is 18.5 Å². The van der Waals surface area contributed by atoms with Crippen LogP contribution in [0.5, 0.6) is 0 Å². The molecule has 0 atom stereocenters. The summed E-state index contributed by atoms with van der Waals surface area (Å²) in [5.74, 6) is 0. The van der Waals surface area contributed by atoms with Crippen molar-refractivity contribution in [1.82, 2.24) is 10.2 Å². The maximum Gasteiger partial charge on any atom is 0.235 e. The van der Waals surface area contributed by atoms with Gasteiger partial charge in [-0.3, -0.25) is 0 Å². The van der Waals surface area contributed by atoms with Crippen LogP contribution in [0.15, 0.2) is 35.6 Å². The molecular formula is C12H9N3O. The van der Waals surface area contributed by atoms with Crippen molar-refractivity contribution in [2.45, 2.75) is 18.4 Å². The largest absolute Gasteiger partial charge is 0.235 e. The molecule has 0 radical (unpaired) electrons. The number of rotatable bonds is 2. The van der Waals surface area contributed by atoms with Gasteiger partial charge in [-0.2, -0.15) is 15.2 Å². The van der Waals surface area contributed by atoms with Crippen molar-refractivity contribution in [3.8, 4) is 0 Å². The number of aliphatic imine (C=N–C) groups is 1. The number of fused-ring (bicyclic) bond motifs is 1. The Morgan fingerprint density at radius 2 is 2.06 bits per heavy atom. The molecule has 0 unspecified atom stereocenters. The van der Waals surface area contributed by atoms with Crippen LogP contribution in [0.4, 0.5) is 0 Å². The fourth-order valence-electron chi connectivity index (χ4n) is 2.08. The lowest BCUT2D eigenvalue weighted by Crippen LogP contribution is -2.03. The predicted molar refractivity (Wildman–Crippen MR) is 58.6 cm³/mol. The number of carbonyl (C=O) groups excluding carboxylic acids is 1. The Labute approximate surface area is 92.0 Å². The van der Waals surface area contributed by atoms with Crippen LogP contribution < -0.4 is 0 Å². The van der Waals surface area contributed by atoms with E-state index in [2.05, 4.69) is 15.2 Å². The molecule has 0 bridgehead atoms. The molecule has 1 fully saturated rings. The average molecular weight is 211 g/mol. The van der Waals surface area contributed by atoms with Gasteiger partial charge in [0.15, 0.2) is 0 Å². The maximum absolute atomic E-state index is 10.5. The minimum absolute atomic E-state index is 0.343. The zero-order valence-electron chi connectivity index (χ0n) is 8.55. The topological polar surface area (TPSA) is 55.2 Å². The Kier molecular flexibility index (Phi) is 1.85. The molecule has 1 aromatic heterocycles. The molecule has 1 aliphatic rings. The number of nitrogens with zero attached hydrogens (tertiary/aromatic N) is 3. The molecule has 1 aromatic carbocycles. The molecule has 0 saturated heterocycles. The normalized spacial score (nSPS) is 16.8. The van der Waals surface area contributed by atoms with Crippen LogP contribution in [0.2, 0.25) is 0 Å². The summed E-state index contributed by atoms with van der Waals surface area (Å²) in [7, 11) is 0. The lowest BCUT2D eigenvalue weighted by Gasteiger charge is -2.10. The summed E-state index contributed by atoms with van der Waals surface area (Å²) in [5.41, 5.74) is 0.716. The third-order valence-corrected chi connectivity index (χ3v) is 3.07. The molecule has 1 saturated carbocycles. The molecule has 2 aromatic rings. The Bertz CT molecular complexity index is 593. The second-order valence-electron chi connectivity index (χ2n) is 4.03. The summed E-state index contributed by atoms with van der Waals surface area (Å²) in [4.78, 5) is 14.4. The lowest BCUT2D eigenvalue weighted by molar-refractivity contribution is 0.556. The Morgan fingerprint density at radius 3 is 2.81 bits per heavy atom. The van der Waals surface area contributed by atoms with Crippen molar-refractivity contribution < 1.29 is 4.79 Å². The van der Waals surface area contributed by atoms with Crippen molar-refractivity contribution in [2.24, 2.45) is 4.99 Å². The molecule has 0 aliphatic heterocycles. The molecule has 4 nitrogen and oxygen atoms in total. The average Bonchev–Trinajstić information content (AvgIpc) is 3.10. The van der Waals surface area contributed by atoms with Gasteiger partial charge in [0.25, 0.3) is 0 Å². The maximum atomic E-state index is 10.5. The first-order valence-corrected chi connectivity index (χ1v) is 5.15. The smallest absolute Gasteiger partial charge is 0.211 e. The van der Waals surface area contributed by atoms with E-state index >= 15 is 0 Å². The first-order valence-electron chi connectivity index (χ1n) is 5.15. The third kappa shape index (κ3) is 1.24. The lowest BCUT2D eigenvalue weighted by atomic mass is 10.00. The number of benzene rings is 1. The van der Waals surface area contributed by atoms with Gasteiger partial charge in [0, 0.05) is 10.8 Å². The molecule has 16 heavy (non-hydrogen) atoms. The Hall–Kier alpha value is -2.06. The summed E-state index contributed by atoms with van der Waals surface area (Å²) in [6, 6.07) is 5.94. The molecule has 0 amide bonds. The fourth-order valence-corrected chi connectivity index (χ4v) is 2.08. The quantitative estimate of drug-likeness (QED) is 0.563. The summed E-state index contributed by atoms with van der Waals surface area (Å²) >= 11 is 0. The van der Waals surface area contributed by atoms with Gasteiger partial charge in [-0.25, -0.2) is 4.79 Å². The van der Waals surface area contributed by atoms with Gasteiger partial charge < -0.3 is 0 Å². The zero-order valence-corrected chi connectivity index (χ0v) is 8.55. The summed E-state index contributed by atoms with van der Waals surface area (Å²) in [6.07, 6.45) is 6.93. The second-order valence-corrected chi connectivity index (χ2v) is 4.03. The van der Waals surface area contributed by atoms with Crippen LogP contribution in [0, 0.1) is 0 Å². The number of isocyanates is 1. The number of aromatic nitrogens is 2. The van der Waals surface area contributed by atoms with Crippen LogP contribution >= 0.6 is 0 Å². The first kappa shape index (κ1) is 9.19. The van der Waals surface area contributed by atoms with Crippen LogP contribution in [-0.4, -0.2) is 16.3 Å². The van der Waals surface area contributed by atoms with E-state index in [0.29, 0.717) is 0 Å². The molecule has 0 N–H and O–H groups in total.